The van der Waals surface area contributed by atoms with Crippen molar-refractivity contribution in [2.75, 3.05) is 7.11 Å². The zero-order valence-corrected chi connectivity index (χ0v) is 13.9. The molecule has 0 aliphatic rings. The lowest BCUT2D eigenvalue weighted by atomic mass is 9.99. The van der Waals surface area contributed by atoms with Gasteiger partial charge in [-0.1, -0.05) is 18.2 Å². The number of halogens is 1. The summed E-state index contributed by atoms with van der Waals surface area (Å²) >= 11 is 4.05. The van der Waals surface area contributed by atoms with Gasteiger partial charge in [-0.3, -0.25) is 0 Å². The van der Waals surface area contributed by atoms with E-state index in [1.54, 1.807) is 18.4 Å². The Morgan fingerprint density at radius 2 is 1.80 bits per heavy atom. The molecule has 0 aliphatic heterocycles. The van der Waals surface area contributed by atoms with Crippen LogP contribution < -0.4 is 10.5 Å². The molecule has 2 aromatic carbocycles. The third kappa shape index (κ3) is 2.68. The van der Waals surface area contributed by atoms with E-state index in [0.717, 1.165) is 11.3 Å². The minimum Gasteiger partial charge on any atom is -0.497 e. The lowest BCUT2D eigenvalue weighted by Gasteiger charge is -2.12. The Morgan fingerprint density at radius 3 is 2.50 bits per heavy atom. The van der Waals surface area contributed by atoms with Crippen LogP contribution in [0.15, 0.2) is 47.8 Å². The molecule has 0 spiro atoms. The van der Waals surface area contributed by atoms with Crippen LogP contribution in [0.2, 0.25) is 0 Å². The van der Waals surface area contributed by atoms with Gasteiger partial charge in [0.1, 0.15) is 5.75 Å². The second-order valence-electron chi connectivity index (χ2n) is 4.63. The minimum atomic E-state index is -0.0683. The molecule has 0 fully saturated rings. The molecule has 0 aliphatic carbocycles. The van der Waals surface area contributed by atoms with E-state index in [4.69, 9.17) is 10.5 Å². The molecule has 1 atom stereocenters. The Kier molecular flexibility index (Phi) is 3.96. The number of benzene rings is 2. The van der Waals surface area contributed by atoms with E-state index in [0.29, 0.717) is 0 Å². The number of thiophene rings is 1. The molecule has 0 amide bonds. The Morgan fingerprint density at radius 1 is 1.05 bits per heavy atom. The van der Waals surface area contributed by atoms with Crippen molar-refractivity contribution in [3.63, 3.8) is 0 Å². The Bertz CT molecular complexity index is 753. The van der Waals surface area contributed by atoms with Crippen LogP contribution in [0.4, 0.5) is 0 Å². The topological polar surface area (TPSA) is 35.2 Å². The van der Waals surface area contributed by atoms with Crippen LogP contribution in [-0.2, 0) is 0 Å². The molecule has 0 bridgehead atoms. The predicted octanol–water partition coefficient (Wildman–Crippen LogP) is 4.56. The predicted molar refractivity (Wildman–Crippen MR) is 93.6 cm³/mol. The van der Waals surface area contributed by atoms with Gasteiger partial charge in [0, 0.05) is 0 Å². The average Bonchev–Trinajstić information content (AvgIpc) is 2.92. The second-order valence-corrected chi connectivity index (χ2v) is 7.44. The van der Waals surface area contributed by atoms with Gasteiger partial charge in [0.15, 0.2) is 0 Å². The Hall–Kier alpha value is -1.11. The lowest BCUT2D eigenvalue weighted by Crippen LogP contribution is -2.10. The first kappa shape index (κ1) is 13.9. The van der Waals surface area contributed by atoms with Crippen molar-refractivity contribution in [1.82, 2.24) is 0 Å². The van der Waals surface area contributed by atoms with Gasteiger partial charge in [-0.2, -0.15) is 0 Å². The van der Waals surface area contributed by atoms with Crippen molar-refractivity contribution < 1.29 is 4.74 Å². The Labute approximate surface area is 135 Å². The fourth-order valence-electron chi connectivity index (χ4n) is 2.24. The summed E-state index contributed by atoms with van der Waals surface area (Å²) in [6, 6.07) is 14.5. The molecule has 0 saturated heterocycles. The van der Waals surface area contributed by atoms with Crippen molar-refractivity contribution in [2.45, 2.75) is 6.04 Å². The molecule has 1 aromatic heterocycles. The summed E-state index contributed by atoms with van der Waals surface area (Å²) in [4.78, 5) is 0. The molecule has 0 saturated carbocycles. The van der Waals surface area contributed by atoms with Crippen molar-refractivity contribution in [2.24, 2.45) is 5.73 Å². The number of fused-ring (bicyclic) bond motifs is 1. The van der Waals surface area contributed by atoms with Gasteiger partial charge >= 0.3 is 0 Å². The van der Waals surface area contributed by atoms with Crippen molar-refractivity contribution in [3.8, 4) is 5.75 Å². The highest BCUT2D eigenvalue weighted by atomic mass is 127. The highest BCUT2D eigenvalue weighted by molar-refractivity contribution is 14.1. The molecule has 1 heterocycles. The van der Waals surface area contributed by atoms with E-state index < -0.39 is 0 Å². The number of methoxy groups -OCH3 is 1. The van der Waals surface area contributed by atoms with E-state index in [1.165, 1.54) is 19.2 Å². The molecular weight excluding hydrogens is 381 g/mol. The van der Waals surface area contributed by atoms with Gasteiger partial charge in [0.25, 0.3) is 0 Å². The average molecular weight is 395 g/mol. The Balaban J connectivity index is 2.00. The van der Waals surface area contributed by atoms with E-state index >= 15 is 0 Å². The smallest absolute Gasteiger partial charge is 0.119 e. The third-order valence-electron chi connectivity index (χ3n) is 3.38. The van der Waals surface area contributed by atoms with Crippen LogP contribution in [0.1, 0.15) is 17.2 Å². The molecule has 3 aromatic rings. The highest BCUT2D eigenvalue weighted by Crippen LogP contribution is 2.28. The maximum Gasteiger partial charge on any atom is 0.119 e. The molecule has 2 nitrogen and oxygen atoms in total. The number of rotatable bonds is 3. The lowest BCUT2D eigenvalue weighted by molar-refractivity contribution is 0.415. The maximum absolute atomic E-state index is 6.36. The zero-order chi connectivity index (χ0) is 14.1. The van der Waals surface area contributed by atoms with Crippen LogP contribution in [0.5, 0.6) is 5.75 Å². The first-order valence-corrected chi connectivity index (χ1v) is 8.20. The highest BCUT2D eigenvalue weighted by Gasteiger charge is 2.11. The number of nitrogens with two attached hydrogens (primary N) is 1. The van der Waals surface area contributed by atoms with Gasteiger partial charge in [-0.05, 0) is 74.1 Å². The van der Waals surface area contributed by atoms with Crippen LogP contribution in [0, 0.1) is 2.88 Å². The van der Waals surface area contributed by atoms with Gasteiger partial charge < -0.3 is 10.5 Å². The van der Waals surface area contributed by atoms with E-state index in [2.05, 4.69) is 58.3 Å². The molecule has 4 heteroatoms. The second kappa shape index (κ2) is 5.71. The van der Waals surface area contributed by atoms with Gasteiger partial charge in [-0.15, -0.1) is 11.3 Å². The van der Waals surface area contributed by atoms with E-state index in [-0.39, 0.29) is 6.04 Å². The van der Waals surface area contributed by atoms with Crippen LogP contribution >= 0.6 is 33.9 Å². The SMILES string of the molecule is COc1ccc2cc(C(N)c3csc(I)c3)ccc2c1. The molecule has 3 rings (SSSR count). The molecule has 102 valence electrons. The van der Waals surface area contributed by atoms with Crippen molar-refractivity contribution >= 4 is 44.7 Å². The molecule has 20 heavy (non-hydrogen) atoms. The molecule has 1 unspecified atom stereocenters. The monoisotopic (exact) mass is 395 g/mol. The maximum atomic E-state index is 6.36. The first-order chi connectivity index (χ1) is 9.67. The quantitative estimate of drug-likeness (QED) is 0.660. The zero-order valence-electron chi connectivity index (χ0n) is 11.0. The summed E-state index contributed by atoms with van der Waals surface area (Å²) in [6.45, 7) is 0. The van der Waals surface area contributed by atoms with Crippen molar-refractivity contribution in [3.05, 3.63) is 61.9 Å². The number of hydrogen-bond donors (Lipinski definition) is 1. The van der Waals surface area contributed by atoms with Crippen molar-refractivity contribution in [1.29, 1.82) is 0 Å². The summed E-state index contributed by atoms with van der Waals surface area (Å²) in [5, 5.41) is 4.48. The summed E-state index contributed by atoms with van der Waals surface area (Å²) < 4.78 is 6.51. The van der Waals surface area contributed by atoms with Gasteiger partial charge in [-0.25, -0.2) is 0 Å². The van der Waals surface area contributed by atoms with Gasteiger partial charge in [0.2, 0.25) is 0 Å². The fraction of sp³-hybridized carbons (Fsp3) is 0.125. The largest absolute Gasteiger partial charge is 0.497 e. The summed E-state index contributed by atoms with van der Waals surface area (Å²) in [5.41, 5.74) is 8.66. The third-order valence-corrected chi connectivity index (χ3v) is 5.18. The van der Waals surface area contributed by atoms with Crippen LogP contribution in [0.3, 0.4) is 0 Å². The molecule has 0 radical (unpaired) electrons. The molecular formula is C16H14INOS. The van der Waals surface area contributed by atoms with Gasteiger partial charge in [0.05, 0.1) is 16.0 Å². The van der Waals surface area contributed by atoms with E-state index in [1.807, 2.05) is 12.1 Å². The molecule has 2 N–H and O–H groups in total. The van der Waals surface area contributed by atoms with Crippen LogP contribution in [-0.4, -0.2) is 7.11 Å². The summed E-state index contributed by atoms with van der Waals surface area (Å²) in [6.07, 6.45) is 0. The minimum absolute atomic E-state index is 0.0683. The summed E-state index contributed by atoms with van der Waals surface area (Å²) in [5.74, 6) is 0.877. The van der Waals surface area contributed by atoms with Crippen LogP contribution in [0.25, 0.3) is 10.8 Å². The number of hydrogen-bond acceptors (Lipinski definition) is 3. The number of ether oxygens (including phenoxy) is 1. The van der Waals surface area contributed by atoms with E-state index in [9.17, 15) is 0 Å². The first-order valence-electron chi connectivity index (χ1n) is 6.24. The fourth-order valence-corrected chi connectivity index (χ4v) is 3.65. The normalized spacial score (nSPS) is 12.6. The standard InChI is InChI=1S/C16H14INOS/c1-19-14-5-4-10-6-12(3-2-11(10)7-14)16(18)13-8-15(17)20-9-13/h2-9,16H,18H2,1H3. The summed E-state index contributed by atoms with van der Waals surface area (Å²) in [7, 11) is 1.68.